The molecule has 1 aromatic carbocycles. The van der Waals surface area contributed by atoms with E-state index in [4.69, 9.17) is 0 Å². The molecule has 2 N–H and O–H groups in total. The van der Waals surface area contributed by atoms with Crippen molar-refractivity contribution in [3.63, 3.8) is 0 Å². The third-order valence-electron chi connectivity index (χ3n) is 3.06. The standard InChI is InChI=1S/C12H16O2/c13-11-7-3-6-10(8-11)12(14)9-4-1-2-5-9/h3,6-9,12-14H,1-2,4-5H2. The van der Waals surface area contributed by atoms with Crippen LogP contribution >= 0.6 is 0 Å². The van der Waals surface area contributed by atoms with Crippen molar-refractivity contribution in [3.05, 3.63) is 29.8 Å². The maximum Gasteiger partial charge on any atom is 0.115 e. The molecule has 0 bridgehead atoms. The minimum absolute atomic E-state index is 0.236. The predicted molar refractivity (Wildman–Crippen MR) is 55.0 cm³/mol. The molecular formula is C12H16O2. The number of hydrogen-bond donors (Lipinski definition) is 2. The lowest BCUT2D eigenvalue weighted by Gasteiger charge is -2.17. The number of aliphatic hydroxyl groups is 1. The molecule has 14 heavy (non-hydrogen) atoms. The minimum atomic E-state index is -0.399. The van der Waals surface area contributed by atoms with Gasteiger partial charge in [-0.3, -0.25) is 0 Å². The van der Waals surface area contributed by atoms with Gasteiger partial charge in [0.15, 0.2) is 0 Å². The molecule has 0 aromatic heterocycles. The Morgan fingerprint density at radius 1 is 1.21 bits per heavy atom. The van der Waals surface area contributed by atoms with Crippen molar-refractivity contribution in [2.24, 2.45) is 5.92 Å². The molecule has 0 radical (unpaired) electrons. The van der Waals surface area contributed by atoms with E-state index in [-0.39, 0.29) is 5.75 Å². The van der Waals surface area contributed by atoms with Crippen LogP contribution < -0.4 is 0 Å². The number of aromatic hydroxyl groups is 1. The van der Waals surface area contributed by atoms with E-state index < -0.39 is 6.10 Å². The summed E-state index contributed by atoms with van der Waals surface area (Å²) in [4.78, 5) is 0. The van der Waals surface area contributed by atoms with Gasteiger partial charge < -0.3 is 10.2 Å². The predicted octanol–water partition coefficient (Wildman–Crippen LogP) is 2.62. The van der Waals surface area contributed by atoms with Crippen LogP contribution in [0.3, 0.4) is 0 Å². The van der Waals surface area contributed by atoms with Crippen LogP contribution in [-0.2, 0) is 0 Å². The van der Waals surface area contributed by atoms with Gasteiger partial charge in [-0.05, 0) is 36.5 Å². The first kappa shape index (κ1) is 9.53. The summed E-state index contributed by atoms with van der Waals surface area (Å²) >= 11 is 0. The Morgan fingerprint density at radius 2 is 1.93 bits per heavy atom. The summed E-state index contributed by atoms with van der Waals surface area (Å²) in [7, 11) is 0. The molecule has 0 saturated heterocycles. The second-order valence-corrected chi connectivity index (χ2v) is 4.08. The van der Waals surface area contributed by atoms with Gasteiger partial charge in [0.2, 0.25) is 0 Å². The largest absolute Gasteiger partial charge is 0.508 e. The van der Waals surface area contributed by atoms with Crippen LogP contribution in [0.1, 0.15) is 37.4 Å². The second kappa shape index (κ2) is 4.01. The zero-order valence-electron chi connectivity index (χ0n) is 8.19. The summed E-state index contributed by atoms with van der Waals surface area (Å²) in [5.74, 6) is 0.622. The normalized spacial score (nSPS) is 19.8. The number of aliphatic hydroxyl groups excluding tert-OH is 1. The van der Waals surface area contributed by atoms with Gasteiger partial charge in [0.25, 0.3) is 0 Å². The number of hydrogen-bond acceptors (Lipinski definition) is 2. The summed E-state index contributed by atoms with van der Waals surface area (Å²) in [6, 6.07) is 6.94. The van der Waals surface area contributed by atoms with E-state index in [0.29, 0.717) is 5.92 Å². The van der Waals surface area contributed by atoms with Crippen LogP contribution in [-0.4, -0.2) is 10.2 Å². The third-order valence-corrected chi connectivity index (χ3v) is 3.06. The minimum Gasteiger partial charge on any atom is -0.508 e. The van der Waals surface area contributed by atoms with E-state index in [1.54, 1.807) is 18.2 Å². The maximum atomic E-state index is 10.0. The fourth-order valence-corrected chi connectivity index (χ4v) is 2.25. The lowest BCUT2D eigenvalue weighted by Crippen LogP contribution is -2.08. The molecule has 0 heterocycles. The van der Waals surface area contributed by atoms with Crippen molar-refractivity contribution in [3.8, 4) is 5.75 Å². The molecule has 1 aliphatic rings. The van der Waals surface area contributed by atoms with Crippen molar-refractivity contribution in [1.29, 1.82) is 0 Å². The van der Waals surface area contributed by atoms with E-state index in [2.05, 4.69) is 0 Å². The maximum absolute atomic E-state index is 10.0. The van der Waals surface area contributed by atoms with Gasteiger partial charge in [-0.15, -0.1) is 0 Å². The van der Waals surface area contributed by atoms with Gasteiger partial charge in [-0.2, -0.15) is 0 Å². The SMILES string of the molecule is Oc1cccc(C(O)C2CCCC2)c1. The van der Waals surface area contributed by atoms with Gasteiger partial charge in [0.05, 0.1) is 6.10 Å². The van der Waals surface area contributed by atoms with Gasteiger partial charge in [0.1, 0.15) is 5.75 Å². The van der Waals surface area contributed by atoms with Crippen molar-refractivity contribution in [1.82, 2.24) is 0 Å². The van der Waals surface area contributed by atoms with Crippen LogP contribution in [0.2, 0.25) is 0 Å². The Kier molecular flexibility index (Phi) is 2.73. The highest BCUT2D eigenvalue weighted by Gasteiger charge is 2.24. The molecule has 2 rings (SSSR count). The molecule has 1 aliphatic carbocycles. The molecule has 1 aromatic rings. The van der Waals surface area contributed by atoms with Crippen LogP contribution in [0.25, 0.3) is 0 Å². The molecule has 1 atom stereocenters. The highest BCUT2D eigenvalue weighted by molar-refractivity contribution is 5.28. The van der Waals surface area contributed by atoms with Crippen LogP contribution in [0.4, 0.5) is 0 Å². The molecule has 1 unspecified atom stereocenters. The molecule has 0 spiro atoms. The van der Waals surface area contributed by atoms with E-state index in [0.717, 1.165) is 18.4 Å². The van der Waals surface area contributed by atoms with Crippen LogP contribution in [0.15, 0.2) is 24.3 Å². The monoisotopic (exact) mass is 192 g/mol. The Morgan fingerprint density at radius 3 is 2.57 bits per heavy atom. The highest BCUT2D eigenvalue weighted by atomic mass is 16.3. The topological polar surface area (TPSA) is 40.5 Å². The molecular weight excluding hydrogens is 176 g/mol. The van der Waals surface area contributed by atoms with E-state index >= 15 is 0 Å². The fourth-order valence-electron chi connectivity index (χ4n) is 2.25. The quantitative estimate of drug-likeness (QED) is 0.756. The number of rotatable bonds is 2. The number of benzene rings is 1. The smallest absolute Gasteiger partial charge is 0.115 e. The molecule has 0 amide bonds. The Bertz CT molecular complexity index is 303. The van der Waals surface area contributed by atoms with Crippen molar-refractivity contribution in [2.75, 3.05) is 0 Å². The van der Waals surface area contributed by atoms with Crippen LogP contribution in [0, 0.1) is 5.92 Å². The molecule has 1 saturated carbocycles. The molecule has 1 fully saturated rings. The van der Waals surface area contributed by atoms with Crippen LogP contribution in [0.5, 0.6) is 5.75 Å². The zero-order chi connectivity index (χ0) is 9.97. The van der Waals surface area contributed by atoms with E-state index in [1.807, 2.05) is 6.07 Å². The lowest BCUT2D eigenvalue weighted by atomic mass is 9.94. The average Bonchev–Trinajstić information content (AvgIpc) is 2.69. The number of phenols is 1. The van der Waals surface area contributed by atoms with Crippen molar-refractivity contribution < 1.29 is 10.2 Å². The molecule has 0 aliphatic heterocycles. The molecule has 76 valence electrons. The van der Waals surface area contributed by atoms with Crippen molar-refractivity contribution >= 4 is 0 Å². The van der Waals surface area contributed by atoms with E-state index in [1.165, 1.54) is 12.8 Å². The lowest BCUT2D eigenvalue weighted by molar-refractivity contribution is 0.111. The first-order chi connectivity index (χ1) is 6.77. The summed E-state index contributed by atoms with van der Waals surface area (Å²) in [5, 5.41) is 19.3. The molecule has 2 heteroatoms. The summed E-state index contributed by atoms with van der Waals surface area (Å²) in [6.45, 7) is 0. The summed E-state index contributed by atoms with van der Waals surface area (Å²) < 4.78 is 0. The Labute approximate surface area is 84.2 Å². The van der Waals surface area contributed by atoms with Crippen molar-refractivity contribution in [2.45, 2.75) is 31.8 Å². The Balaban J connectivity index is 2.13. The zero-order valence-corrected chi connectivity index (χ0v) is 8.19. The van der Waals surface area contributed by atoms with Gasteiger partial charge in [0, 0.05) is 0 Å². The Hall–Kier alpha value is -1.02. The van der Waals surface area contributed by atoms with Gasteiger partial charge in [-0.1, -0.05) is 25.0 Å². The fraction of sp³-hybridized carbons (Fsp3) is 0.500. The first-order valence-corrected chi connectivity index (χ1v) is 5.24. The van der Waals surface area contributed by atoms with Gasteiger partial charge >= 0.3 is 0 Å². The van der Waals surface area contributed by atoms with Gasteiger partial charge in [-0.25, -0.2) is 0 Å². The molecule has 2 nitrogen and oxygen atoms in total. The average molecular weight is 192 g/mol. The highest BCUT2D eigenvalue weighted by Crippen LogP contribution is 2.36. The summed E-state index contributed by atoms with van der Waals surface area (Å²) in [6.07, 6.45) is 4.26. The second-order valence-electron chi connectivity index (χ2n) is 4.08. The number of phenolic OH excluding ortho intramolecular Hbond substituents is 1. The van der Waals surface area contributed by atoms with E-state index in [9.17, 15) is 10.2 Å². The third kappa shape index (κ3) is 1.90. The summed E-state index contributed by atoms with van der Waals surface area (Å²) in [5.41, 5.74) is 0.844. The first-order valence-electron chi connectivity index (χ1n) is 5.24.